The van der Waals surface area contributed by atoms with Crippen LogP contribution in [0.3, 0.4) is 0 Å². The van der Waals surface area contributed by atoms with Gasteiger partial charge in [0.25, 0.3) is 0 Å². The van der Waals surface area contributed by atoms with E-state index in [1.54, 1.807) is 0 Å². The molecule has 9 nitrogen and oxygen atoms in total. The van der Waals surface area contributed by atoms with Crippen LogP contribution < -0.4 is 11.5 Å². The van der Waals surface area contributed by atoms with Crippen molar-refractivity contribution in [1.29, 1.82) is 0 Å². The lowest BCUT2D eigenvalue weighted by molar-refractivity contribution is -0.0500. The first kappa shape index (κ1) is 35.0. The molecule has 6 aliphatic heterocycles. The quantitative estimate of drug-likeness (QED) is 0.128. The molecule has 0 aromatic heterocycles. The van der Waals surface area contributed by atoms with Gasteiger partial charge in [-0.25, -0.2) is 0 Å². The molecule has 3 aromatic rings. The normalized spacial score (nSPS) is 27.8. The Kier molecular flexibility index (Phi) is 10.2. The first-order valence-corrected chi connectivity index (χ1v) is 19.0. The van der Waals surface area contributed by atoms with Gasteiger partial charge in [-0.3, -0.25) is 0 Å². The van der Waals surface area contributed by atoms with E-state index in [4.69, 9.17) is 44.6 Å². The molecule has 8 unspecified atom stereocenters. The van der Waals surface area contributed by atoms with E-state index in [2.05, 4.69) is 52.0 Å². The lowest BCUT2D eigenvalue weighted by atomic mass is 9.73. The highest BCUT2D eigenvalue weighted by molar-refractivity contribution is 5.91. The molecule has 274 valence electrons. The standard InChI is InChI=1S/C30H36N2O2.C12H18O5/c1-17(2)27-25(13-23-15-33-23)26(14-24-16-34-24)28(18(3)4)30(20-7-11-22(32)12-8-20)29(27)19-5-9-21(31)10-6-19;1(7-3-13-7)9(11-5-15-11)17-10(12-6-16-12)2-8-4-14-8/h5-12,17-18,23-24H,13-16,31-32H2,1-4H3;7-12H,1-6H2. The van der Waals surface area contributed by atoms with Gasteiger partial charge in [-0.15, -0.1) is 0 Å². The Balaban J connectivity index is 0.000000182. The molecule has 9 heteroatoms. The van der Waals surface area contributed by atoms with E-state index in [-0.39, 0.29) is 24.4 Å². The fourth-order valence-corrected chi connectivity index (χ4v) is 7.64. The van der Waals surface area contributed by atoms with Crippen molar-refractivity contribution < 1.29 is 33.2 Å². The SMILES string of the molecule is C1OC1CC(OC(CC1CO1)C1CO1)C1CO1.CC(C)c1c(CC2CO2)c(CC2CO2)c(C(C)C)c(-c2ccc(N)cc2)c1-c1ccc(N)cc1. The van der Waals surface area contributed by atoms with Crippen molar-refractivity contribution in [3.05, 3.63) is 70.8 Å². The van der Waals surface area contributed by atoms with E-state index in [9.17, 15) is 0 Å². The summed E-state index contributed by atoms with van der Waals surface area (Å²) in [6.07, 6.45) is 6.16. The van der Waals surface area contributed by atoms with Crippen molar-refractivity contribution in [1.82, 2.24) is 0 Å². The van der Waals surface area contributed by atoms with Gasteiger partial charge in [-0.1, -0.05) is 52.0 Å². The number of nitrogen functional groups attached to an aromatic ring is 2. The third kappa shape index (κ3) is 8.96. The van der Waals surface area contributed by atoms with Crippen LogP contribution in [0.4, 0.5) is 11.4 Å². The monoisotopic (exact) mass is 698 g/mol. The van der Waals surface area contributed by atoms with E-state index in [1.165, 1.54) is 44.5 Å². The van der Waals surface area contributed by atoms with Gasteiger partial charge in [-0.2, -0.15) is 0 Å². The molecule has 6 aliphatic rings. The minimum absolute atomic E-state index is 0.176. The fourth-order valence-electron chi connectivity index (χ4n) is 7.64. The highest BCUT2D eigenvalue weighted by Gasteiger charge is 2.45. The molecule has 9 rings (SSSR count). The van der Waals surface area contributed by atoms with Crippen LogP contribution in [0.25, 0.3) is 22.3 Å². The van der Waals surface area contributed by atoms with E-state index in [0.717, 1.165) is 76.7 Å². The minimum Gasteiger partial charge on any atom is -0.399 e. The highest BCUT2D eigenvalue weighted by Crippen LogP contribution is 2.48. The number of benzene rings is 3. The van der Waals surface area contributed by atoms with Gasteiger partial charge in [-0.05, 0) is 80.6 Å². The van der Waals surface area contributed by atoms with Crippen LogP contribution in [0.1, 0.15) is 74.6 Å². The van der Waals surface area contributed by atoms with Crippen molar-refractivity contribution in [3.63, 3.8) is 0 Å². The first-order chi connectivity index (χ1) is 24.7. The topological polar surface area (TPSA) is 136 Å². The maximum Gasteiger partial charge on any atom is 0.107 e. The van der Waals surface area contributed by atoms with Crippen LogP contribution in [0.2, 0.25) is 0 Å². The molecule has 4 N–H and O–H groups in total. The molecule has 6 heterocycles. The zero-order valence-corrected chi connectivity index (χ0v) is 30.5. The summed E-state index contributed by atoms with van der Waals surface area (Å²) >= 11 is 0. The lowest BCUT2D eigenvalue weighted by Crippen LogP contribution is -2.32. The van der Waals surface area contributed by atoms with E-state index >= 15 is 0 Å². The molecule has 0 bridgehead atoms. The summed E-state index contributed by atoms with van der Waals surface area (Å²) in [6.45, 7) is 14.4. The number of hydrogen-bond acceptors (Lipinski definition) is 9. The summed E-state index contributed by atoms with van der Waals surface area (Å²) in [5.41, 5.74) is 24.6. The maximum atomic E-state index is 6.19. The molecule has 8 atom stereocenters. The van der Waals surface area contributed by atoms with Gasteiger partial charge in [0.1, 0.15) is 12.2 Å². The Morgan fingerprint density at radius 2 is 0.863 bits per heavy atom. The predicted molar refractivity (Wildman–Crippen MR) is 198 cm³/mol. The second-order valence-electron chi connectivity index (χ2n) is 15.7. The summed E-state index contributed by atoms with van der Waals surface area (Å²) < 4.78 is 39.0. The van der Waals surface area contributed by atoms with E-state index < -0.39 is 0 Å². The number of nitrogens with two attached hydrogens (primary N) is 2. The molecule has 0 radical (unpaired) electrons. The Bertz CT molecular complexity index is 1530. The Morgan fingerprint density at radius 1 is 0.529 bits per heavy atom. The molecule has 3 aromatic carbocycles. The van der Waals surface area contributed by atoms with Gasteiger partial charge in [0, 0.05) is 37.1 Å². The number of rotatable bonds is 16. The van der Waals surface area contributed by atoms with Gasteiger partial charge in [0.2, 0.25) is 0 Å². The summed E-state index contributed by atoms with van der Waals surface area (Å²) in [7, 11) is 0. The molecule has 6 saturated heterocycles. The van der Waals surface area contributed by atoms with E-state index in [1.807, 2.05) is 24.3 Å². The lowest BCUT2D eigenvalue weighted by Gasteiger charge is -2.30. The van der Waals surface area contributed by atoms with Gasteiger partial charge in [0.05, 0.1) is 76.3 Å². The van der Waals surface area contributed by atoms with Crippen LogP contribution in [-0.4, -0.2) is 88.5 Å². The zero-order valence-electron chi connectivity index (χ0n) is 30.5. The van der Waals surface area contributed by atoms with Crippen molar-refractivity contribution in [3.8, 4) is 22.3 Å². The molecule has 0 saturated carbocycles. The number of epoxide rings is 6. The average molecular weight is 699 g/mol. The third-order valence-electron chi connectivity index (χ3n) is 10.7. The van der Waals surface area contributed by atoms with Crippen LogP contribution in [0.5, 0.6) is 0 Å². The molecule has 51 heavy (non-hydrogen) atoms. The molecule has 0 amide bonds. The molecule has 0 aliphatic carbocycles. The van der Waals surface area contributed by atoms with Crippen molar-refractivity contribution in [2.75, 3.05) is 51.1 Å². The van der Waals surface area contributed by atoms with Gasteiger partial charge in [0.15, 0.2) is 0 Å². The Labute approximate surface area is 302 Å². The molecular formula is C42H54N2O7. The number of hydrogen-bond donors (Lipinski definition) is 2. The third-order valence-corrected chi connectivity index (χ3v) is 10.7. The van der Waals surface area contributed by atoms with Gasteiger partial charge < -0.3 is 44.6 Å². The Hall–Kier alpha value is -3.02. The Morgan fingerprint density at radius 3 is 1.14 bits per heavy atom. The number of anilines is 2. The van der Waals surface area contributed by atoms with Crippen LogP contribution in [0, 0.1) is 0 Å². The first-order valence-electron chi connectivity index (χ1n) is 19.0. The van der Waals surface area contributed by atoms with Crippen LogP contribution in [0.15, 0.2) is 48.5 Å². The van der Waals surface area contributed by atoms with Crippen molar-refractivity contribution in [2.45, 2.75) is 114 Å². The van der Waals surface area contributed by atoms with Crippen molar-refractivity contribution >= 4 is 11.4 Å². The second-order valence-corrected chi connectivity index (χ2v) is 15.7. The highest BCUT2D eigenvalue weighted by atomic mass is 16.6. The average Bonchev–Trinajstić information content (AvgIpc) is 3.88. The molecule has 0 spiro atoms. The summed E-state index contributed by atoms with van der Waals surface area (Å²) in [6, 6.07) is 16.7. The minimum atomic E-state index is 0.176. The predicted octanol–water partition coefficient (Wildman–Crippen LogP) is 6.43. The maximum absolute atomic E-state index is 6.19. The zero-order chi connectivity index (χ0) is 35.2. The fraction of sp³-hybridized carbons (Fsp3) is 0.571. The van der Waals surface area contributed by atoms with Gasteiger partial charge >= 0.3 is 0 Å². The molecular weight excluding hydrogens is 644 g/mol. The number of ether oxygens (including phenoxy) is 7. The van der Waals surface area contributed by atoms with E-state index in [0.29, 0.717) is 36.3 Å². The van der Waals surface area contributed by atoms with Crippen LogP contribution >= 0.6 is 0 Å². The summed E-state index contributed by atoms with van der Waals surface area (Å²) in [4.78, 5) is 0. The van der Waals surface area contributed by atoms with Crippen LogP contribution in [-0.2, 0) is 46.0 Å². The smallest absolute Gasteiger partial charge is 0.107 e. The molecule has 6 fully saturated rings. The largest absolute Gasteiger partial charge is 0.399 e. The summed E-state index contributed by atoms with van der Waals surface area (Å²) in [5.74, 6) is 0.711. The van der Waals surface area contributed by atoms with Crippen molar-refractivity contribution in [2.24, 2.45) is 0 Å². The summed E-state index contributed by atoms with van der Waals surface area (Å²) in [5, 5.41) is 0. The second kappa shape index (κ2) is 14.8.